The van der Waals surface area contributed by atoms with Gasteiger partial charge >= 0.3 is 0 Å². The SMILES string of the molecule is C=C(NC1(c2ccc3ccccc3c2)CC1)c1ccccc1CNCCC. The van der Waals surface area contributed by atoms with Gasteiger partial charge in [-0.05, 0) is 53.8 Å². The van der Waals surface area contributed by atoms with Crippen molar-refractivity contribution < 1.29 is 0 Å². The van der Waals surface area contributed by atoms with Gasteiger partial charge in [0.25, 0.3) is 0 Å². The third-order valence-electron chi connectivity index (χ3n) is 5.53. The number of nitrogens with one attached hydrogen (secondary N) is 2. The molecule has 4 rings (SSSR count). The van der Waals surface area contributed by atoms with E-state index in [1.807, 2.05) is 0 Å². The lowest BCUT2D eigenvalue weighted by molar-refractivity contribution is 0.629. The quantitative estimate of drug-likeness (QED) is 0.514. The van der Waals surface area contributed by atoms with E-state index >= 15 is 0 Å². The van der Waals surface area contributed by atoms with Gasteiger partial charge in [0, 0.05) is 17.8 Å². The fourth-order valence-electron chi connectivity index (χ4n) is 3.82. The summed E-state index contributed by atoms with van der Waals surface area (Å²) < 4.78 is 0. The fraction of sp³-hybridized carbons (Fsp3) is 0.280. The van der Waals surface area contributed by atoms with E-state index in [4.69, 9.17) is 0 Å². The van der Waals surface area contributed by atoms with Crippen molar-refractivity contribution in [1.29, 1.82) is 0 Å². The normalized spacial score (nSPS) is 14.9. The average molecular weight is 357 g/mol. The number of hydrogen-bond donors (Lipinski definition) is 2. The maximum atomic E-state index is 4.39. The Hall–Kier alpha value is -2.58. The Labute approximate surface area is 162 Å². The van der Waals surface area contributed by atoms with Gasteiger partial charge in [-0.15, -0.1) is 0 Å². The minimum Gasteiger partial charge on any atom is -0.376 e. The lowest BCUT2D eigenvalue weighted by Gasteiger charge is -2.23. The van der Waals surface area contributed by atoms with Crippen molar-refractivity contribution in [3.05, 3.63) is 90.0 Å². The van der Waals surface area contributed by atoms with Gasteiger partial charge in [0.05, 0.1) is 5.54 Å². The van der Waals surface area contributed by atoms with E-state index in [9.17, 15) is 0 Å². The van der Waals surface area contributed by atoms with Gasteiger partial charge < -0.3 is 10.6 Å². The first-order chi connectivity index (χ1) is 13.2. The van der Waals surface area contributed by atoms with Crippen LogP contribution in [0.25, 0.3) is 16.5 Å². The van der Waals surface area contributed by atoms with Gasteiger partial charge in [-0.25, -0.2) is 0 Å². The summed E-state index contributed by atoms with van der Waals surface area (Å²) >= 11 is 0. The summed E-state index contributed by atoms with van der Waals surface area (Å²) in [5.41, 5.74) is 4.94. The van der Waals surface area contributed by atoms with Crippen LogP contribution in [0.4, 0.5) is 0 Å². The van der Waals surface area contributed by atoms with Crippen molar-refractivity contribution in [3.8, 4) is 0 Å². The first-order valence-electron chi connectivity index (χ1n) is 9.97. The van der Waals surface area contributed by atoms with Crippen LogP contribution in [-0.4, -0.2) is 6.54 Å². The molecule has 2 heteroatoms. The molecule has 138 valence electrons. The molecule has 0 heterocycles. The Morgan fingerprint density at radius 3 is 2.48 bits per heavy atom. The molecule has 0 radical (unpaired) electrons. The molecule has 2 N–H and O–H groups in total. The van der Waals surface area contributed by atoms with E-state index in [1.54, 1.807) is 0 Å². The molecule has 3 aromatic rings. The molecule has 0 unspecified atom stereocenters. The maximum Gasteiger partial charge on any atom is 0.0627 e. The van der Waals surface area contributed by atoms with Crippen molar-refractivity contribution in [1.82, 2.24) is 10.6 Å². The van der Waals surface area contributed by atoms with Gasteiger partial charge in [0.15, 0.2) is 0 Å². The van der Waals surface area contributed by atoms with Crippen LogP contribution >= 0.6 is 0 Å². The van der Waals surface area contributed by atoms with Crippen LogP contribution in [0.3, 0.4) is 0 Å². The number of hydrogen-bond acceptors (Lipinski definition) is 2. The van der Waals surface area contributed by atoms with Crippen LogP contribution in [0.2, 0.25) is 0 Å². The predicted molar refractivity (Wildman–Crippen MR) is 115 cm³/mol. The van der Waals surface area contributed by atoms with E-state index in [0.29, 0.717) is 0 Å². The zero-order valence-electron chi connectivity index (χ0n) is 16.1. The van der Waals surface area contributed by atoms with E-state index in [1.165, 1.54) is 27.5 Å². The molecular weight excluding hydrogens is 328 g/mol. The zero-order chi connectivity index (χ0) is 18.7. The second-order valence-electron chi connectivity index (χ2n) is 7.58. The van der Waals surface area contributed by atoms with Crippen molar-refractivity contribution >= 4 is 16.5 Å². The Morgan fingerprint density at radius 1 is 0.963 bits per heavy atom. The first-order valence-corrected chi connectivity index (χ1v) is 9.97. The molecule has 1 fully saturated rings. The minimum atomic E-state index is 0.0328. The van der Waals surface area contributed by atoms with Crippen molar-refractivity contribution in [2.75, 3.05) is 6.54 Å². The van der Waals surface area contributed by atoms with Gasteiger partial charge in [0.2, 0.25) is 0 Å². The monoisotopic (exact) mass is 356 g/mol. The largest absolute Gasteiger partial charge is 0.376 e. The van der Waals surface area contributed by atoms with Crippen LogP contribution in [0, 0.1) is 0 Å². The van der Waals surface area contributed by atoms with E-state index in [2.05, 4.69) is 90.9 Å². The molecule has 1 saturated carbocycles. The maximum absolute atomic E-state index is 4.39. The molecule has 3 aromatic carbocycles. The number of benzene rings is 3. The summed E-state index contributed by atoms with van der Waals surface area (Å²) in [5.74, 6) is 0. The summed E-state index contributed by atoms with van der Waals surface area (Å²) in [6, 6.07) is 24.0. The van der Waals surface area contributed by atoms with Crippen molar-refractivity contribution in [2.45, 2.75) is 38.3 Å². The van der Waals surface area contributed by atoms with E-state index in [0.717, 1.165) is 38.0 Å². The van der Waals surface area contributed by atoms with Crippen molar-refractivity contribution in [2.24, 2.45) is 0 Å². The van der Waals surface area contributed by atoms with Gasteiger partial charge in [-0.3, -0.25) is 0 Å². The first kappa shape index (κ1) is 17.8. The highest BCUT2D eigenvalue weighted by molar-refractivity contribution is 5.83. The van der Waals surface area contributed by atoms with Gasteiger partial charge in [-0.1, -0.05) is 74.2 Å². The van der Waals surface area contributed by atoms with Crippen molar-refractivity contribution in [3.63, 3.8) is 0 Å². The molecule has 0 aromatic heterocycles. The van der Waals surface area contributed by atoms with Crippen LogP contribution < -0.4 is 10.6 Å². The predicted octanol–water partition coefficient (Wildman–Crippen LogP) is 5.59. The van der Waals surface area contributed by atoms with E-state index < -0.39 is 0 Å². The summed E-state index contributed by atoms with van der Waals surface area (Å²) in [4.78, 5) is 0. The lowest BCUT2D eigenvalue weighted by atomic mass is 9.98. The molecule has 2 nitrogen and oxygen atoms in total. The number of rotatable bonds is 8. The average Bonchev–Trinajstić information content (AvgIpc) is 3.49. The third kappa shape index (κ3) is 3.77. The molecule has 1 aliphatic carbocycles. The number of fused-ring (bicyclic) bond motifs is 1. The molecule has 27 heavy (non-hydrogen) atoms. The highest BCUT2D eigenvalue weighted by atomic mass is 15.0. The lowest BCUT2D eigenvalue weighted by Crippen LogP contribution is -2.28. The summed E-state index contributed by atoms with van der Waals surface area (Å²) in [5, 5.41) is 9.88. The minimum absolute atomic E-state index is 0.0328. The Kier molecular flexibility index (Phi) is 5.00. The molecule has 0 saturated heterocycles. The Bertz CT molecular complexity index is 953. The van der Waals surface area contributed by atoms with Crippen LogP contribution in [-0.2, 0) is 12.1 Å². The van der Waals surface area contributed by atoms with E-state index in [-0.39, 0.29) is 5.54 Å². The summed E-state index contributed by atoms with van der Waals surface area (Å²) in [6.45, 7) is 8.50. The summed E-state index contributed by atoms with van der Waals surface area (Å²) in [7, 11) is 0. The topological polar surface area (TPSA) is 24.1 Å². The second-order valence-corrected chi connectivity index (χ2v) is 7.58. The second kappa shape index (κ2) is 7.58. The zero-order valence-corrected chi connectivity index (χ0v) is 16.1. The molecule has 1 aliphatic rings. The molecule has 0 bridgehead atoms. The fourth-order valence-corrected chi connectivity index (χ4v) is 3.82. The van der Waals surface area contributed by atoms with Crippen LogP contribution in [0.15, 0.2) is 73.3 Å². The molecule has 0 atom stereocenters. The van der Waals surface area contributed by atoms with Gasteiger partial charge in [0.1, 0.15) is 0 Å². The standard InChI is InChI=1S/C25H28N2/c1-3-16-26-18-22-10-6-7-11-24(22)19(2)27-25(14-15-25)23-13-12-20-8-4-5-9-21(20)17-23/h4-13,17,26-27H,2-3,14-16,18H2,1H3. The third-order valence-corrected chi connectivity index (χ3v) is 5.53. The molecule has 0 amide bonds. The highest BCUT2D eigenvalue weighted by Gasteiger charge is 2.44. The Balaban J connectivity index is 1.55. The Morgan fingerprint density at radius 2 is 1.70 bits per heavy atom. The molecular formula is C25H28N2. The highest BCUT2D eigenvalue weighted by Crippen LogP contribution is 2.47. The summed E-state index contributed by atoms with van der Waals surface area (Å²) in [6.07, 6.45) is 3.45. The van der Waals surface area contributed by atoms with Gasteiger partial charge in [-0.2, -0.15) is 0 Å². The molecule has 0 spiro atoms. The molecule has 0 aliphatic heterocycles. The smallest absolute Gasteiger partial charge is 0.0627 e. The van der Waals surface area contributed by atoms with Crippen LogP contribution in [0.1, 0.15) is 42.9 Å². The van der Waals surface area contributed by atoms with Crippen LogP contribution in [0.5, 0.6) is 0 Å².